The molecule has 42 valence electrons. The number of rotatable bonds is 1. The highest BCUT2D eigenvalue weighted by molar-refractivity contribution is 5.25. The maximum absolute atomic E-state index is 5.23. The Morgan fingerprint density at radius 2 is 2.38 bits per heavy atom. The first kappa shape index (κ1) is 6.84. The molecule has 0 radical (unpaired) electrons. The summed E-state index contributed by atoms with van der Waals surface area (Å²) in [5.74, 6) is 2.29. The highest BCUT2D eigenvalue weighted by atomic mass is 14.5. The van der Waals surface area contributed by atoms with Crippen molar-refractivity contribution >= 4 is 0 Å². The molecule has 8 heavy (non-hydrogen) atoms. The van der Waals surface area contributed by atoms with Crippen LogP contribution < -0.4 is 5.73 Å². The molecule has 2 N–H and O–H groups in total. The first-order valence-corrected chi connectivity index (χ1v) is 2.36. The molecule has 0 fully saturated rings. The second-order valence-electron chi connectivity index (χ2n) is 1.29. The molecule has 0 aromatic carbocycles. The molecule has 0 heterocycles. The lowest BCUT2D eigenvalue weighted by Gasteiger charge is -1.79. The smallest absolute Gasteiger partial charge is 0.0824 e. The van der Waals surface area contributed by atoms with Crippen LogP contribution in [0.25, 0.3) is 0 Å². The van der Waals surface area contributed by atoms with Gasteiger partial charge in [0.15, 0.2) is 0 Å². The van der Waals surface area contributed by atoms with E-state index in [1.165, 1.54) is 0 Å². The van der Waals surface area contributed by atoms with Crippen LogP contribution in [0.4, 0.5) is 0 Å². The zero-order valence-corrected chi connectivity index (χ0v) is 4.89. The van der Waals surface area contributed by atoms with Gasteiger partial charge in [-0.15, -0.1) is 6.42 Å². The lowest BCUT2D eigenvalue weighted by molar-refractivity contribution is 1.47. The molecule has 0 atom stereocenters. The summed E-state index contributed by atoms with van der Waals surface area (Å²) >= 11 is 0. The normalized spacial score (nSPS) is 11.8. The van der Waals surface area contributed by atoms with E-state index in [2.05, 4.69) is 5.92 Å². The van der Waals surface area contributed by atoms with Gasteiger partial charge in [-0.3, -0.25) is 0 Å². The molecule has 0 aliphatic heterocycles. The van der Waals surface area contributed by atoms with Crippen molar-refractivity contribution in [3.8, 4) is 12.3 Å². The Morgan fingerprint density at radius 1 is 1.75 bits per heavy atom. The van der Waals surface area contributed by atoms with Crippen LogP contribution in [0.5, 0.6) is 0 Å². The van der Waals surface area contributed by atoms with Crippen molar-refractivity contribution in [2.24, 2.45) is 5.73 Å². The van der Waals surface area contributed by atoms with Crippen molar-refractivity contribution in [1.82, 2.24) is 0 Å². The van der Waals surface area contributed by atoms with Gasteiger partial charge in [0, 0.05) is 0 Å². The van der Waals surface area contributed by atoms with Crippen LogP contribution in [-0.4, -0.2) is 0 Å². The van der Waals surface area contributed by atoms with Gasteiger partial charge in [0.05, 0.1) is 5.70 Å². The Bertz CT molecular complexity index is 146. The summed E-state index contributed by atoms with van der Waals surface area (Å²) in [7, 11) is 0. The zero-order valence-electron chi connectivity index (χ0n) is 4.89. The van der Waals surface area contributed by atoms with Gasteiger partial charge in [-0.2, -0.15) is 0 Å². The van der Waals surface area contributed by atoms with Crippen molar-refractivity contribution in [1.29, 1.82) is 0 Å². The third kappa shape index (κ3) is 3.05. The molecule has 0 unspecified atom stereocenters. The first-order chi connectivity index (χ1) is 3.81. The van der Waals surface area contributed by atoms with Gasteiger partial charge in [-0.1, -0.05) is 18.1 Å². The molecule has 1 nitrogen and oxygen atoms in total. The average molecular weight is 107 g/mol. The fourth-order valence-electron chi connectivity index (χ4n) is 0.248. The third-order valence-corrected chi connectivity index (χ3v) is 0.635. The molecule has 0 aliphatic rings. The summed E-state index contributed by atoms with van der Waals surface area (Å²) in [6.07, 6.45) is 10.3. The molecule has 0 rings (SSSR count). The van der Waals surface area contributed by atoms with Gasteiger partial charge in [-0.05, 0) is 13.0 Å². The van der Waals surface area contributed by atoms with E-state index in [1.807, 2.05) is 13.0 Å². The van der Waals surface area contributed by atoms with Gasteiger partial charge >= 0.3 is 0 Å². The van der Waals surface area contributed by atoms with Gasteiger partial charge in [0.1, 0.15) is 0 Å². The molecule has 0 aliphatic carbocycles. The summed E-state index contributed by atoms with van der Waals surface area (Å²) in [4.78, 5) is 0. The van der Waals surface area contributed by atoms with E-state index in [1.54, 1.807) is 12.2 Å². The Labute approximate surface area is 49.9 Å². The average Bonchev–Trinajstić information content (AvgIpc) is 1.83. The second-order valence-corrected chi connectivity index (χ2v) is 1.29. The van der Waals surface area contributed by atoms with Crippen molar-refractivity contribution in [2.45, 2.75) is 6.92 Å². The highest BCUT2D eigenvalue weighted by Crippen LogP contribution is 1.79. The molecular weight excluding hydrogens is 98.1 g/mol. The molecule has 0 spiro atoms. The van der Waals surface area contributed by atoms with E-state index in [0.29, 0.717) is 5.70 Å². The van der Waals surface area contributed by atoms with Gasteiger partial charge in [0.25, 0.3) is 0 Å². The standard InChI is InChI=1S/C7H9N/c1-3-5-6-7(8)4-2/h2-3,5-6H,8H2,1H3/b5-3-,7-6+. The fraction of sp³-hybridized carbons (Fsp3) is 0.143. The van der Waals surface area contributed by atoms with E-state index < -0.39 is 0 Å². The van der Waals surface area contributed by atoms with Crippen molar-refractivity contribution < 1.29 is 0 Å². The van der Waals surface area contributed by atoms with Gasteiger partial charge < -0.3 is 5.73 Å². The molecule has 0 bridgehead atoms. The SMILES string of the molecule is C#C/C(N)=C\C=C/C. The van der Waals surface area contributed by atoms with E-state index >= 15 is 0 Å². The number of hydrogen-bond donors (Lipinski definition) is 1. The minimum Gasteiger partial charge on any atom is -0.392 e. The highest BCUT2D eigenvalue weighted by Gasteiger charge is 1.70. The topological polar surface area (TPSA) is 26.0 Å². The number of nitrogens with two attached hydrogens (primary N) is 1. The Morgan fingerprint density at radius 3 is 2.75 bits per heavy atom. The van der Waals surface area contributed by atoms with Crippen molar-refractivity contribution in [3.05, 3.63) is 23.9 Å². The predicted octanol–water partition coefficient (Wildman–Crippen LogP) is 1.04. The molecule has 0 aromatic rings. The first-order valence-electron chi connectivity index (χ1n) is 2.36. The van der Waals surface area contributed by atoms with Crippen molar-refractivity contribution in [3.63, 3.8) is 0 Å². The summed E-state index contributed by atoms with van der Waals surface area (Å²) in [5.41, 5.74) is 5.69. The summed E-state index contributed by atoms with van der Waals surface area (Å²) in [6.45, 7) is 1.90. The Balaban J connectivity index is 3.81. The zero-order chi connectivity index (χ0) is 6.41. The minimum atomic E-state index is 0.461. The molecule has 0 saturated heterocycles. The third-order valence-electron chi connectivity index (χ3n) is 0.635. The Hall–Kier alpha value is -1.16. The van der Waals surface area contributed by atoms with Crippen LogP contribution >= 0.6 is 0 Å². The molecule has 1 heteroatoms. The lowest BCUT2D eigenvalue weighted by atomic mass is 10.4. The summed E-state index contributed by atoms with van der Waals surface area (Å²) < 4.78 is 0. The summed E-state index contributed by atoms with van der Waals surface area (Å²) in [6, 6.07) is 0. The molecule has 0 amide bonds. The monoisotopic (exact) mass is 107 g/mol. The summed E-state index contributed by atoms with van der Waals surface area (Å²) in [5, 5.41) is 0. The second kappa shape index (κ2) is 4.01. The maximum atomic E-state index is 5.23. The quantitative estimate of drug-likeness (QED) is 0.393. The maximum Gasteiger partial charge on any atom is 0.0824 e. The molecule has 0 saturated carbocycles. The van der Waals surface area contributed by atoms with E-state index in [4.69, 9.17) is 12.2 Å². The fourth-order valence-corrected chi connectivity index (χ4v) is 0.248. The van der Waals surface area contributed by atoms with Crippen LogP contribution in [0.15, 0.2) is 23.9 Å². The molecular formula is C7H9N. The minimum absolute atomic E-state index is 0.461. The van der Waals surface area contributed by atoms with E-state index in [-0.39, 0.29) is 0 Å². The van der Waals surface area contributed by atoms with Gasteiger partial charge in [-0.25, -0.2) is 0 Å². The predicted molar refractivity (Wildman–Crippen MR) is 35.9 cm³/mol. The number of terminal acetylenes is 1. The van der Waals surface area contributed by atoms with E-state index in [9.17, 15) is 0 Å². The van der Waals surface area contributed by atoms with Crippen LogP contribution in [0.3, 0.4) is 0 Å². The van der Waals surface area contributed by atoms with Crippen LogP contribution in [0.1, 0.15) is 6.92 Å². The number of allylic oxidation sites excluding steroid dienone is 4. The van der Waals surface area contributed by atoms with Gasteiger partial charge in [0.2, 0.25) is 0 Å². The van der Waals surface area contributed by atoms with Crippen molar-refractivity contribution in [2.75, 3.05) is 0 Å². The number of hydrogen-bond acceptors (Lipinski definition) is 1. The largest absolute Gasteiger partial charge is 0.392 e. The van der Waals surface area contributed by atoms with Crippen LogP contribution in [0, 0.1) is 12.3 Å². The lowest BCUT2D eigenvalue weighted by Crippen LogP contribution is -1.90. The molecule has 0 aromatic heterocycles. The van der Waals surface area contributed by atoms with E-state index in [0.717, 1.165) is 0 Å². The Kier molecular flexibility index (Phi) is 3.43. The van der Waals surface area contributed by atoms with Crippen LogP contribution in [0.2, 0.25) is 0 Å². The van der Waals surface area contributed by atoms with Crippen LogP contribution in [-0.2, 0) is 0 Å².